The number of nitrogens with two attached hydrogens (primary N) is 1. The van der Waals surface area contributed by atoms with Crippen molar-refractivity contribution in [3.05, 3.63) is 29.3 Å². The summed E-state index contributed by atoms with van der Waals surface area (Å²) in [6, 6.07) is 5.33. The smallest absolute Gasteiger partial charge is 0.240 e. The van der Waals surface area contributed by atoms with E-state index >= 15 is 0 Å². The van der Waals surface area contributed by atoms with Crippen LogP contribution in [0.1, 0.15) is 57.1 Å². The minimum absolute atomic E-state index is 0.0705. The van der Waals surface area contributed by atoms with E-state index in [-0.39, 0.29) is 23.8 Å². The Labute approximate surface area is 157 Å². The minimum atomic E-state index is -3.60. The molecule has 7 heteroatoms. The monoisotopic (exact) mass is 381 g/mol. The van der Waals surface area contributed by atoms with Gasteiger partial charge in [0.15, 0.2) is 0 Å². The van der Waals surface area contributed by atoms with Crippen LogP contribution in [-0.2, 0) is 27.7 Å². The van der Waals surface area contributed by atoms with Crippen molar-refractivity contribution in [2.24, 2.45) is 5.73 Å². The number of benzene rings is 1. The molecule has 1 aliphatic carbocycles. The predicted molar refractivity (Wildman–Crippen MR) is 103 cm³/mol. The Kier molecular flexibility index (Phi) is 7.20. The molecule has 1 amide bonds. The molecule has 0 spiro atoms. The van der Waals surface area contributed by atoms with E-state index in [1.165, 1.54) is 5.56 Å². The van der Waals surface area contributed by atoms with Crippen molar-refractivity contribution >= 4 is 15.9 Å². The van der Waals surface area contributed by atoms with Crippen molar-refractivity contribution in [1.82, 2.24) is 10.0 Å². The number of aryl methyl sites for hydroxylation is 2. The third-order valence-electron chi connectivity index (χ3n) is 5.32. The van der Waals surface area contributed by atoms with Crippen LogP contribution in [0.3, 0.4) is 0 Å². The molecular weight excluding hydrogens is 350 g/mol. The largest absolute Gasteiger partial charge is 0.354 e. The topological polar surface area (TPSA) is 101 Å². The number of rotatable bonds is 9. The fourth-order valence-corrected chi connectivity index (χ4v) is 4.20. The highest BCUT2D eigenvalue weighted by molar-refractivity contribution is 7.89. The highest BCUT2D eigenvalue weighted by Crippen LogP contribution is 2.24. The van der Waals surface area contributed by atoms with Crippen LogP contribution in [0.5, 0.6) is 0 Å². The third kappa shape index (κ3) is 5.53. The summed E-state index contributed by atoms with van der Waals surface area (Å²) in [6.45, 7) is 4.45. The second-order valence-corrected chi connectivity index (χ2v) is 8.90. The number of carbonyl (C=O) groups is 1. The van der Waals surface area contributed by atoms with Gasteiger partial charge in [-0.25, -0.2) is 13.1 Å². The average Bonchev–Trinajstić information content (AvgIpc) is 2.65. The van der Waals surface area contributed by atoms with Gasteiger partial charge in [0, 0.05) is 25.0 Å². The zero-order chi connectivity index (χ0) is 19.2. The van der Waals surface area contributed by atoms with Gasteiger partial charge in [0.2, 0.25) is 15.9 Å². The van der Waals surface area contributed by atoms with Crippen LogP contribution >= 0.6 is 0 Å². The molecule has 6 nitrogen and oxygen atoms in total. The number of nitrogens with one attached hydrogen (secondary N) is 2. The van der Waals surface area contributed by atoms with Crippen molar-refractivity contribution in [1.29, 1.82) is 0 Å². The molecule has 1 aromatic rings. The Hall–Kier alpha value is -1.44. The number of carbonyl (C=O) groups excluding carboxylic acids is 1. The number of hydrogen-bond acceptors (Lipinski definition) is 4. The lowest BCUT2D eigenvalue weighted by Crippen LogP contribution is -2.49. The molecule has 26 heavy (non-hydrogen) atoms. The van der Waals surface area contributed by atoms with Gasteiger partial charge in [0.1, 0.15) is 0 Å². The lowest BCUT2D eigenvalue weighted by atomic mass is 9.92. The van der Waals surface area contributed by atoms with Gasteiger partial charge in [0.25, 0.3) is 0 Å². The van der Waals surface area contributed by atoms with Crippen molar-refractivity contribution in [2.75, 3.05) is 13.1 Å². The highest BCUT2D eigenvalue weighted by Gasteiger charge is 2.21. The first-order chi connectivity index (χ1) is 12.3. The molecule has 146 valence electrons. The van der Waals surface area contributed by atoms with Gasteiger partial charge in [-0.15, -0.1) is 0 Å². The Morgan fingerprint density at radius 2 is 1.81 bits per heavy atom. The summed E-state index contributed by atoms with van der Waals surface area (Å²) in [6.07, 6.45) is 5.84. The van der Waals surface area contributed by atoms with Crippen LogP contribution in [-0.4, -0.2) is 33.0 Å². The minimum Gasteiger partial charge on any atom is -0.354 e. The summed E-state index contributed by atoms with van der Waals surface area (Å²) >= 11 is 0. The van der Waals surface area contributed by atoms with Gasteiger partial charge in [-0.1, -0.05) is 19.9 Å². The first kappa shape index (κ1) is 20.9. The second-order valence-electron chi connectivity index (χ2n) is 7.13. The van der Waals surface area contributed by atoms with Crippen LogP contribution in [0.4, 0.5) is 0 Å². The van der Waals surface area contributed by atoms with Gasteiger partial charge < -0.3 is 11.1 Å². The third-order valence-corrected chi connectivity index (χ3v) is 6.78. The zero-order valence-electron chi connectivity index (χ0n) is 15.8. The van der Waals surface area contributed by atoms with Crippen LogP contribution in [0.25, 0.3) is 0 Å². The van der Waals surface area contributed by atoms with E-state index in [1.807, 2.05) is 19.9 Å². The lowest BCUT2D eigenvalue weighted by Gasteiger charge is -2.26. The van der Waals surface area contributed by atoms with Crippen molar-refractivity contribution < 1.29 is 13.2 Å². The maximum absolute atomic E-state index is 12.4. The summed E-state index contributed by atoms with van der Waals surface area (Å²) in [7, 11) is -3.60. The normalized spacial score (nSPS) is 14.7. The number of amides is 1. The van der Waals surface area contributed by atoms with E-state index < -0.39 is 15.6 Å². The van der Waals surface area contributed by atoms with E-state index in [4.69, 9.17) is 5.73 Å². The average molecular weight is 382 g/mol. The molecule has 0 atom stereocenters. The van der Waals surface area contributed by atoms with Crippen LogP contribution < -0.4 is 15.8 Å². The molecule has 1 aliphatic rings. The number of hydrogen-bond donors (Lipinski definition) is 3. The zero-order valence-corrected chi connectivity index (χ0v) is 16.6. The summed E-state index contributed by atoms with van der Waals surface area (Å²) in [5.41, 5.74) is 8.11. The molecule has 2 rings (SSSR count). The standard InChI is InChI=1S/C19H31N3O3S/c1-3-19(20,4-2)14-21-18(23)11-12-22-26(24,25)17-10-9-15-7-5-6-8-16(15)13-17/h9-10,13,22H,3-8,11-12,14,20H2,1-2H3,(H,21,23). The summed E-state index contributed by atoms with van der Waals surface area (Å²) in [4.78, 5) is 12.2. The number of sulfonamides is 1. The quantitative estimate of drug-likeness (QED) is 0.608. The first-order valence-electron chi connectivity index (χ1n) is 9.47. The Morgan fingerprint density at radius 3 is 2.46 bits per heavy atom. The fraction of sp³-hybridized carbons (Fsp3) is 0.632. The van der Waals surface area contributed by atoms with Crippen LogP contribution in [0.2, 0.25) is 0 Å². The highest BCUT2D eigenvalue weighted by atomic mass is 32.2. The summed E-state index contributed by atoms with van der Waals surface area (Å²) in [5, 5.41) is 2.79. The summed E-state index contributed by atoms with van der Waals surface area (Å²) in [5.74, 6) is -0.199. The molecule has 0 saturated heterocycles. The van der Waals surface area contributed by atoms with E-state index in [2.05, 4.69) is 10.0 Å². The Balaban J connectivity index is 1.85. The molecule has 0 unspecified atom stereocenters. The van der Waals surface area contributed by atoms with Gasteiger partial charge in [-0.05, 0) is 61.8 Å². The van der Waals surface area contributed by atoms with Crippen LogP contribution in [0.15, 0.2) is 23.1 Å². The SMILES string of the molecule is CCC(N)(CC)CNC(=O)CCNS(=O)(=O)c1ccc2c(c1)CCCC2. The molecule has 1 aromatic carbocycles. The van der Waals surface area contributed by atoms with Crippen molar-refractivity contribution in [3.63, 3.8) is 0 Å². The maximum atomic E-state index is 12.4. The molecular formula is C19H31N3O3S. The fourth-order valence-electron chi connectivity index (χ4n) is 3.12. The van der Waals surface area contributed by atoms with Crippen LogP contribution in [0, 0.1) is 0 Å². The second kappa shape index (κ2) is 8.97. The predicted octanol–water partition coefficient (Wildman–Crippen LogP) is 1.87. The summed E-state index contributed by atoms with van der Waals surface area (Å²) < 4.78 is 27.4. The van der Waals surface area contributed by atoms with Crippen molar-refractivity contribution in [2.45, 2.75) is 69.2 Å². The van der Waals surface area contributed by atoms with Gasteiger partial charge in [-0.2, -0.15) is 0 Å². The molecule has 0 fully saturated rings. The van der Waals surface area contributed by atoms with E-state index in [1.54, 1.807) is 12.1 Å². The molecule has 0 saturated carbocycles. The Bertz CT molecular complexity index is 728. The molecule has 0 radical (unpaired) electrons. The first-order valence-corrected chi connectivity index (χ1v) is 10.9. The molecule has 0 aromatic heterocycles. The van der Waals surface area contributed by atoms with Crippen molar-refractivity contribution in [3.8, 4) is 0 Å². The van der Waals surface area contributed by atoms with E-state index in [9.17, 15) is 13.2 Å². The molecule has 0 aliphatic heterocycles. The van der Waals surface area contributed by atoms with E-state index in [0.717, 1.165) is 44.1 Å². The molecule has 0 heterocycles. The van der Waals surface area contributed by atoms with Gasteiger partial charge in [-0.3, -0.25) is 4.79 Å². The molecule has 0 bridgehead atoms. The Morgan fingerprint density at radius 1 is 1.15 bits per heavy atom. The number of fused-ring (bicyclic) bond motifs is 1. The maximum Gasteiger partial charge on any atom is 0.240 e. The lowest BCUT2D eigenvalue weighted by molar-refractivity contribution is -0.121. The van der Waals surface area contributed by atoms with Gasteiger partial charge >= 0.3 is 0 Å². The van der Waals surface area contributed by atoms with E-state index in [0.29, 0.717) is 6.54 Å². The molecule has 4 N–H and O–H groups in total. The van der Waals surface area contributed by atoms with Gasteiger partial charge in [0.05, 0.1) is 4.90 Å².